The molecule has 0 saturated heterocycles. The standard InChI is InChI=1S/C11H13NO/c1-8(13)10-6-9-4-2-3-5-11(9)12-7-10/h2-5,10,12H,6-7H2,1H3/t10-/m0/s1. The van der Waals surface area contributed by atoms with Crippen LogP contribution < -0.4 is 5.32 Å². The van der Waals surface area contributed by atoms with Crippen LogP contribution in [0, 0.1) is 5.92 Å². The molecular weight excluding hydrogens is 162 g/mol. The highest BCUT2D eigenvalue weighted by atomic mass is 16.1. The van der Waals surface area contributed by atoms with Crippen molar-refractivity contribution in [1.29, 1.82) is 0 Å². The zero-order chi connectivity index (χ0) is 9.26. The first-order valence-electron chi connectivity index (χ1n) is 4.59. The first-order chi connectivity index (χ1) is 6.27. The van der Waals surface area contributed by atoms with Crippen LogP contribution in [0.15, 0.2) is 24.3 Å². The molecule has 0 aliphatic carbocycles. The van der Waals surface area contributed by atoms with Crippen molar-refractivity contribution in [2.24, 2.45) is 5.92 Å². The number of fused-ring (bicyclic) bond motifs is 1. The lowest BCUT2D eigenvalue weighted by Crippen LogP contribution is -2.28. The Morgan fingerprint density at radius 1 is 1.46 bits per heavy atom. The van der Waals surface area contributed by atoms with Gasteiger partial charge in [-0.1, -0.05) is 18.2 Å². The predicted molar refractivity (Wildman–Crippen MR) is 52.8 cm³/mol. The Morgan fingerprint density at radius 2 is 2.23 bits per heavy atom. The Kier molecular flexibility index (Phi) is 2.05. The molecule has 1 atom stereocenters. The summed E-state index contributed by atoms with van der Waals surface area (Å²) < 4.78 is 0. The summed E-state index contributed by atoms with van der Waals surface area (Å²) in [4.78, 5) is 11.2. The van der Waals surface area contributed by atoms with E-state index < -0.39 is 0 Å². The van der Waals surface area contributed by atoms with E-state index >= 15 is 0 Å². The van der Waals surface area contributed by atoms with Crippen LogP contribution in [0.3, 0.4) is 0 Å². The van der Waals surface area contributed by atoms with Gasteiger partial charge in [0.05, 0.1) is 0 Å². The fourth-order valence-electron chi connectivity index (χ4n) is 1.73. The number of benzene rings is 1. The second-order valence-electron chi connectivity index (χ2n) is 3.55. The Hall–Kier alpha value is -1.31. The molecule has 1 aromatic carbocycles. The predicted octanol–water partition coefficient (Wildman–Crippen LogP) is 1.86. The molecule has 13 heavy (non-hydrogen) atoms. The molecule has 0 unspecified atom stereocenters. The van der Waals surface area contributed by atoms with Crippen molar-refractivity contribution in [1.82, 2.24) is 0 Å². The van der Waals surface area contributed by atoms with E-state index in [0.717, 1.165) is 13.0 Å². The first-order valence-corrected chi connectivity index (χ1v) is 4.59. The molecule has 1 heterocycles. The molecule has 0 saturated carbocycles. The number of carbonyl (C=O) groups is 1. The first kappa shape index (κ1) is 8.30. The number of carbonyl (C=O) groups excluding carboxylic acids is 1. The van der Waals surface area contributed by atoms with Gasteiger partial charge in [-0.25, -0.2) is 0 Å². The normalized spacial score (nSPS) is 20.2. The van der Waals surface area contributed by atoms with Gasteiger partial charge >= 0.3 is 0 Å². The lowest BCUT2D eigenvalue weighted by Gasteiger charge is -2.23. The van der Waals surface area contributed by atoms with E-state index in [9.17, 15) is 4.79 Å². The zero-order valence-corrected chi connectivity index (χ0v) is 7.71. The Morgan fingerprint density at radius 3 is 3.00 bits per heavy atom. The van der Waals surface area contributed by atoms with Crippen molar-refractivity contribution >= 4 is 11.5 Å². The Balaban J connectivity index is 2.24. The summed E-state index contributed by atoms with van der Waals surface area (Å²) in [5.41, 5.74) is 2.44. The summed E-state index contributed by atoms with van der Waals surface area (Å²) in [6.07, 6.45) is 0.887. The fourth-order valence-corrected chi connectivity index (χ4v) is 1.73. The molecule has 0 aromatic heterocycles. The number of ketones is 1. The van der Waals surface area contributed by atoms with Crippen LogP contribution in [-0.4, -0.2) is 12.3 Å². The molecule has 68 valence electrons. The Labute approximate surface area is 78.0 Å². The van der Waals surface area contributed by atoms with Crippen LogP contribution in [0.4, 0.5) is 5.69 Å². The number of hydrogen-bond donors (Lipinski definition) is 1. The van der Waals surface area contributed by atoms with Gasteiger partial charge in [-0.05, 0) is 25.0 Å². The molecule has 0 bridgehead atoms. The van der Waals surface area contributed by atoms with Gasteiger partial charge in [-0.3, -0.25) is 4.79 Å². The number of Topliss-reactive ketones (excluding diaryl/α,β-unsaturated/α-hetero) is 1. The van der Waals surface area contributed by atoms with Crippen LogP contribution in [0.2, 0.25) is 0 Å². The molecule has 0 radical (unpaired) electrons. The van der Waals surface area contributed by atoms with Crippen LogP contribution in [0.1, 0.15) is 12.5 Å². The maximum absolute atomic E-state index is 11.2. The average molecular weight is 175 g/mol. The molecule has 0 fully saturated rings. The van der Waals surface area contributed by atoms with E-state index in [1.807, 2.05) is 12.1 Å². The third-order valence-electron chi connectivity index (χ3n) is 2.60. The summed E-state index contributed by atoms with van der Waals surface area (Å²) in [6.45, 7) is 2.45. The molecule has 1 N–H and O–H groups in total. The van der Waals surface area contributed by atoms with E-state index in [2.05, 4.69) is 17.4 Å². The molecule has 2 heteroatoms. The monoisotopic (exact) mass is 175 g/mol. The lowest BCUT2D eigenvalue weighted by atomic mass is 9.91. The van der Waals surface area contributed by atoms with E-state index in [-0.39, 0.29) is 11.7 Å². The van der Waals surface area contributed by atoms with Crippen molar-refractivity contribution < 1.29 is 4.79 Å². The van der Waals surface area contributed by atoms with Gasteiger partial charge in [0.15, 0.2) is 0 Å². The van der Waals surface area contributed by atoms with E-state index in [1.165, 1.54) is 11.3 Å². The molecule has 0 spiro atoms. The number of para-hydroxylation sites is 1. The van der Waals surface area contributed by atoms with Crippen molar-refractivity contribution in [2.45, 2.75) is 13.3 Å². The molecule has 0 amide bonds. The minimum absolute atomic E-state index is 0.162. The van der Waals surface area contributed by atoms with Crippen molar-refractivity contribution in [2.75, 3.05) is 11.9 Å². The SMILES string of the molecule is CC(=O)[C@@H]1CNc2ccccc2C1. The molecule has 2 nitrogen and oxygen atoms in total. The smallest absolute Gasteiger partial charge is 0.134 e. The second-order valence-corrected chi connectivity index (χ2v) is 3.55. The van der Waals surface area contributed by atoms with E-state index in [1.54, 1.807) is 6.92 Å². The Bertz CT molecular complexity index is 333. The lowest BCUT2D eigenvalue weighted by molar-refractivity contribution is -0.120. The molecule has 2 rings (SSSR count). The van der Waals surface area contributed by atoms with Gasteiger partial charge in [-0.15, -0.1) is 0 Å². The number of nitrogens with one attached hydrogen (secondary N) is 1. The largest absolute Gasteiger partial charge is 0.384 e. The summed E-state index contributed by atoms with van der Waals surface area (Å²) >= 11 is 0. The van der Waals surface area contributed by atoms with Crippen LogP contribution in [-0.2, 0) is 11.2 Å². The van der Waals surface area contributed by atoms with Gasteiger partial charge in [0.2, 0.25) is 0 Å². The number of hydrogen-bond acceptors (Lipinski definition) is 2. The topological polar surface area (TPSA) is 29.1 Å². The van der Waals surface area contributed by atoms with Gasteiger partial charge in [0.1, 0.15) is 5.78 Å². The number of rotatable bonds is 1. The minimum Gasteiger partial charge on any atom is -0.384 e. The quantitative estimate of drug-likeness (QED) is 0.705. The maximum atomic E-state index is 11.2. The highest BCUT2D eigenvalue weighted by Gasteiger charge is 2.20. The second kappa shape index (κ2) is 3.21. The fraction of sp³-hybridized carbons (Fsp3) is 0.364. The van der Waals surface area contributed by atoms with Gasteiger partial charge in [0, 0.05) is 18.2 Å². The highest BCUT2D eigenvalue weighted by Crippen LogP contribution is 2.24. The van der Waals surface area contributed by atoms with Gasteiger partial charge in [-0.2, -0.15) is 0 Å². The number of anilines is 1. The van der Waals surface area contributed by atoms with E-state index in [4.69, 9.17) is 0 Å². The minimum atomic E-state index is 0.162. The van der Waals surface area contributed by atoms with Crippen molar-refractivity contribution in [3.63, 3.8) is 0 Å². The summed E-state index contributed by atoms with van der Waals surface area (Å²) in [5, 5.41) is 3.27. The van der Waals surface area contributed by atoms with E-state index in [0.29, 0.717) is 0 Å². The van der Waals surface area contributed by atoms with Crippen molar-refractivity contribution in [3.05, 3.63) is 29.8 Å². The average Bonchev–Trinajstić information content (AvgIpc) is 2.17. The van der Waals surface area contributed by atoms with Crippen LogP contribution in [0.25, 0.3) is 0 Å². The summed E-state index contributed by atoms with van der Waals surface area (Å²) in [6, 6.07) is 8.17. The third kappa shape index (κ3) is 1.57. The van der Waals surface area contributed by atoms with Crippen LogP contribution >= 0.6 is 0 Å². The van der Waals surface area contributed by atoms with Gasteiger partial charge < -0.3 is 5.32 Å². The third-order valence-corrected chi connectivity index (χ3v) is 2.60. The molecule has 1 aliphatic rings. The summed E-state index contributed by atoms with van der Waals surface area (Å²) in [7, 11) is 0. The van der Waals surface area contributed by atoms with Crippen molar-refractivity contribution in [3.8, 4) is 0 Å². The maximum Gasteiger partial charge on any atom is 0.134 e. The molecule has 1 aliphatic heterocycles. The van der Waals surface area contributed by atoms with Gasteiger partial charge in [0.25, 0.3) is 0 Å². The summed E-state index contributed by atoms with van der Waals surface area (Å²) in [5.74, 6) is 0.442. The molecular formula is C11H13NO. The molecule has 1 aromatic rings. The van der Waals surface area contributed by atoms with Crippen LogP contribution in [0.5, 0.6) is 0 Å². The highest BCUT2D eigenvalue weighted by molar-refractivity contribution is 5.80. The zero-order valence-electron chi connectivity index (χ0n) is 7.71.